The topological polar surface area (TPSA) is 15.3 Å². The van der Waals surface area contributed by atoms with Crippen LogP contribution in [-0.2, 0) is 12.4 Å². The smallest absolute Gasteiger partial charge is 0.314 e. The number of halogens is 8. The maximum Gasteiger partial charge on any atom is 0.416 e. The van der Waals surface area contributed by atoms with E-state index in [1.54, 1.807) is 11.8 Å². The average molecular weight is 439 g/mol. The molecule has 10 heteroatoms. The molecule has 2 nitrogen and oxygen atoms in total. The van der Waals surface area contributed by atoms with Crippen molar-refractivity contribution in [1.82, 2.24) is 10.2 Å². The molecule has 0 aromatic heterocycles. The van der Waals surface area contributed by atoms with E-state index in [9.17, 15) is 26.3 Å². The van der Waals surface area contributed by atoms with E-state index < -0.39 is 29.5 Å². The van der Waals surface area contributed by atoms with Crippen LogP contribution < -0.4 is 5.32 Å². The van der Waals surface area contributed by atoms with Crippen LogP contribution in [0.25, 0.3) is 0 Å². The molecule has 2 rings (SSSR count). The van der Waals surface area contributed by atoms with Crippen LogP contribution in [0.15, 0.2) is 30.4 Å². The number of nitrogens with zero attached hydrogens (tertiary/aromatic N) is 1. The summed E-state index contributed by atoms with van der Waals surface area (Å²) in [5, 5.41) is 3.09. The van der Waals surface area contributed by atoms with Crippen molar-refractivity contribution < 1.29 is 26.3 Å². The molecular weight excluding hydrogens is 417 g/mol. The molecule has 1 aromatic rings. The van der Waals surface area contributed by atoms with Crippen LogP contribution in [0.5, 0.6) is 0 Å². The van der Waals surface area contributed by atoms with Gasteiger partial charge in [0, 0.05) is 32.2 Å². The minimum atomic E-state index is -4.72. The van der Waals surface area contributed by atoms with Crippen LogP contribution in [0.3, 0.4) is 0 Å². The Morgan fingerprint density at radius 1 is 1.07 bits per heavy atom. The molecule has 0 aliphatic carbocycles. The Labute approximate surface area is 166 Å². The van der Waals surface area contributed by atoms with Crippen LogP contribution in [0.2, 0.25) is 0 Å². The van der Waals surface area contributed by atoms with E-state index >= 15 is 0 Å². The number of hydrogen-bond acceptors (Lipinski definition) is 2. The van der Waals surface area contributed by atoms with Gasteiger partial charge in [0.05, 0.1) is 11.1 Å². The van der Waals surface area contributed by atoms with Crippen LogP contribution in [-0.4, -0.2) is 31.1 Å². The third-order valence-corrected chi connectivity index (χ3v) is 4.18. The normalized spacial score (nSPS) is 16.9. The second-order valence-electron chi connectivity index (χ2n) is 6.26. The number of nitrogens with one attached hydrogen (secondary N) is 1. The van der Waals surface area contributed by atoms with E-state index in [1.165, 1.54) is 0 Å². The lowest BCUT2D eigenvalue weighted by molar-refractivity contribution is -0.142. The Morgan fingerprint density at radius 3 is 2.07 bits per heavy atom. The Bertz CT molecular complexity index is 625. The standard InChI is InChI=1S/C17H20F6N2.2ClH/c1-11(2)9-15(25-7-5-24-6-8-25)13-10-12(16(18,19)20)3-4-14(13)17(21,22)23;;/h3-4,10,15,24H,1,5-9H2,2H3;2*1H/t15-;;/m0../s1. The predicted molar refractivity (Wildman–Crippen MR) is 97.6 cm³/mol. The van der Waals surface area contributed by atoms with E-state index in [1.807, 2.05) is 0 Å². The first-order valence-corrected chi connectivity index (χ1v) is 7.87. The van der Waals surface area contributed by atoms with Crippen molar-refractivity contribution in [2.24, 2.45) is 0 Å². The molecular formula is C17H22Cl2F6N2. The number of hydrogen-bond donors (Lipinski definition) is 1. The summed E-state index contributed by atoms with van der Waals surface area (Å²) in [6.45, 7) is 7.48. The van der Waals surface area contributed by atoms with Gasteiger partial charge in [0.2, 0.25) is 0 Å². The maximum absolute atomic E-state index is 13.4. The summed E-state index contributed by atoms with van der Waals surface area (Å²) in [5.74, 6) is 0. The first-order chi connectivity index (χ1) is 11.5. The molecule has 1 fully saturated rings. The summed E-state index contributed by atoms with van der Waals surface area (Å²) < 4.78 is 79.3. The zero-order valence-corrected chi connectivity index (χ0v) is 16.2. The highest BCUT2D eigenvalue weighted by Crippen LogP contribution is 2.41. The van der Waals surface area contributed by atoms with Gasteiger partial charge in [0.25, 0.3) is 0 Å². The SMILES string of the molecule is C=C(C)C[C@@H](c1cc(C(F)(F)F)ccc1C(F)(F)F)N1CCNCC1.Cl.Cl. The maximum atomic E-state index is 13.4. The molecule has 0 unspecified atom stereocenters. The molecule has 1 atom stereocenters. The molecule has 1 aromatic carbocycles. The lowest BCUT2D eigenvalue weighted by Gasteiger charge is -2.36. The van der Waals surface area contributed by atoms with Crippen molar-refractivity contribution in [3.63, 3.8) is 0 Å². The monoisotopic (exact) mass is 438 g/mol. The molecule has 156 valence electrons. The summed E-state index contributed by atoms with van der Waals surface area (Å²) >= 11 is 0. The Morgan fingerprint density at radius 2 is 1.63 bits per heavy atom. The van der Waals surface area contributed by atoms with Crippen molar-refractivity contribution in [2.45, 2.75) is 31.7 Å². The molecule has 0 saturated carbocycles. The van der Waals surface area contributed by atoms with Gasteiger partial charge in [0.1, 0.15) is 0 Å². The fourth-order valence-corrected chi connectivity index (χ4v) is 3.03. The molecule has 1 saturated heterocycles. The summed E-state index contributed by atoms with van der Waals surface area (Å²) in [6, 6.07) is 0.866. The van der Waals surface area contributed by atoms with E-state index in [0.29, 0.717) is 50.0 Å². The van der Waals surface area contributed by atoms with Gasteiger partial charge in [-0.15, -0.1) is 31.4 Å². The van der Waals surface area contributed by atoms with Gasteiger partial charge in [-0.25, -0.2) is 0 Å². The molecule has 0 amide bonds. The highest BCUT2D eigenvalue weighted by molar-refractivity contribution is 5.85. The van der Waals surface area contributed by atoms with Crippen molar-refractivity contribution in [3.8, 4) is 0 Å². The predicted octanol–water partition coefficient (Wildman–Crippen LogP) is 5.48. The van der Waals surface area contributed by atoms with Gasteiger partial charge in [-0.2, -0.15) is 26.3 Å². The second kappa shape index (κ2) is 10.0. The largest absolute Gasteiger partial charge is 0.416 e. The Kier molecular flexibility index (Phi) is 9.64. The minimum absolute atomic E-state index is 0. The van der Waals surface area contributed by atoms with Gasteiger partial charge in [-0.3, -0.25) is 4.90 Å². The summed E-state index contributed by atoms with van der Waals surface area (Å²) in [5.41, 5.74) is -1.82. The number of rotatable bonds is 4. The van der Waals surface area contributed by atoms with Crippen molar-refractivity contribution in [1.29, 1.82) is 0 Å². The molecule has 0 radical (unpaired) electrons. The lowest BCUT2D eigenvalue weighted by atomic mass is 9.91. The fourth-order valence-electron chi connectivity index (χ4n) is 3.03. The minimum Gasteiger partial charge on any atom is -0.314 e. The molecule has 1 aliphatic heterocycles. The molecule has 1 aliphatic rings. The first kappa shape index (κ1) is 26.0. The van der Waals surface area contributed by atoms with Crippen LogP contribution in [0.4, 0.5) is 26.3 Å². The highest BCUT2D eigenvalue weighted by atomic mass is 35.5. The van der Waals surface area contributed by atoms with Crippen LogP contribution in [0.1, 0.15) is 36.1 Å². The number of benzene rings is 1. The van der Waals surface area contributed by atoms with Crippen LogP contribution in [0, 0.1) is 0 Å². The van der Waals surface area contributed by atoms with Crippen molar-refractivity contribution in [2.75, 3.05) is 26.2 Å². The molecule has 27 heavy (non-hydrogen) atoms. The van der Waals surface area contributed by atoms with E-state index in [0.717, 1.165) is 0 Å². The molecule has 0 bridgehead atoms. The van der Waals surface area contributed by atoms with Gasteiger partial charge in [-0.1, -0.05) is 5.57 Å². The molecule has 1 N–H and O–H groups in total. The fraction of sp³-hybridized carbons (Fsp3) is 0.529. The van der Waals surface area contributed by atoms with Gasteiger partial charge in [-0.05, 0) is 37.1 Å². The zero-order chi connectivity index (χ0) is 18.8. The van der Waals surface area contributed by atoms with Gasteiger partial charge in [0.15, 0.2) is 0 Å². The highest BCUT2D eigenvalue weighted by Gasteiger charge is 2.39. The van der Waals surface area contributed by atoms with E-state index in [4.69, 9.17) is 0 Å². The summed E-state index contributed by atoms with van der Waals surface area (Å²) in [6.07, 6.45) is -9.25. The van der Waals surface area contributed by atoms with Gasteiger partial charge < -0.3 is 5.32 Å². The number of alkyl halides is 6. The second-order valence-corrected chi connectivity index (χ2v) is 6.26. The lowest BCUT2D eigenvalue weighted by Crippen LogP contribution is -2.45. The summed E-state index contributed by atoms with van der Waals surface area (Å²) in [7, 11) is 0. The quantitative estimate of drug-likeness (QED) is 0.494. The zero-order valence-electron chi connectivity index (χ0n) is 14.6. The molecule has 1 heterocycles. The van der Waals surface area contributed by atoms with Gasteiger partial charge >= 0.3 is 12.4 Å². The number of piperazine rings is 1. The molecule has 0 spiro atoms. The Hall–Kier alpha value is -0.960. The average Bonchev–Trinajstić information content (AvgIpc) is 2.51. The van der Waals surface area contributed by atoms with E-state index in [2.05, 4.69) is 11.9 Å². The van der Waals surface area contributed by atoms with E-state index in [-0.39, 0.29) is 36.8 Å². The first-order valence-electron chi connectivity index (χ1n) is 7.87. The summed E-state index contributed by atoms with van der Waals surface area (Å²) in [4.78, 5) is 1.79. The van der Waals surface area contributed by atoms with Crippen molar-refractivity contribution in [3.05, 3.63) is 47.0 Å². The van der Waals surface area contributed by atoms with Crippen LogP contribution >= 0.6 is 24.8 Å². The van der Waals surface area contributed by atoms with Crippen molar-refractivity contribution >= 4 is 24.8 Å². The third-order valence-electron chi connectivity index (χ3n) is 4.18. The third kappa shape index (κ3) is 6.85. The Balaban J connectivity index is 0.00000338.